The molecule has 0 spiro atoms. The smallest absolute Gasteiger partial charge is 0.327 e. The molecule has 1 aromatic rings. The maximum atomic E-state index is 11.8. The zero-order chi connectivity index (χ0) is 15.1. The topological polar surface area (TPSA) is 87.3 Å². The summed E-state index contributed by atoms with van der Waals surface area (Å²) < 4.78 is 0. The Hall–Kier alpha value is -2.37. The fourth-order valence-corrected chi connectivity index (χ4v) is 1.44. The summed E-state index contributed by atoms with van der Waals surface area (Å²) in [6.07, 6.45) is 0. The Morgan fingerprint density at radius 3 is 2.30 bits per heavy atom. The van der Waals surface area contributed by atoms with Gasteiger partial charge in [-0.05, 0) is 24.5 Å². The first kappa shape index (κ1) is 15.7. The number of carbonyl (C=O) groups excluding carboxylic acids is 3. The lowest BCUT2D eigenvalue weighted by atomic mass is 10.1. The van der Waals surface area contributed by atoms with E-state index in [0.717, 1.165) is 5.56 Å². The van der Waals surface area contributed by atoms with Crippen LogP contribution in [-0.2, 0) is 9.59 Å². The molecule has 0 atom stereocenters. The zero-order valence-corrected chi connectivity index (χ0v) is 11.8. The van der Waals surface area contributed by atoms with Crippen molar-refractivity contribution in [3.05, 3.63) is 35.4 Å². The van der Waals surface area contributed by atoms with Crippen LogP contribution in [0.3, 0.4) is 0 Å². The maximum absolute atomic E-state index is 11.8. The Morgan fingerprint density at radius 1 is 1.05 bits per heavy atom. The van der Waals surface area contributed by atoms with Gasteiger partial charge >= 0.3 is 11.8 Å². The molecule has 3 N–H and O–H groups in total. The van der Waals surface area contributed by atoms with Gasteiger partial charge in [-0.15, -0.1) is 0 Å². The van der Waals surface area contributed by atoms with Gasteiger partial charge < -0.3 is 5.32 Å². The lowest BCUT2D eigenvalue weighted by molar-refractivity contribution is -0.139. The molecule has 20 heavy (non-hydrogen) atoms. The fourth-order valence-electron chi connectivity index (χ4n) is 1.44. The van der Waals surface area contributed by atoms with Gasteiger partial charge in [0.25, 0.3) is 5.91 Å². The summed E-state index contributed by atoms with van der Waals surface area (Å²) in [6.45, 7) is 6.01. The first-order valence-electron chi connectivity index (χ1n) is 6.36. The van der Waals surface area contributed by atoms with E-state index in [1.54, 1.807) is 25.1 Å². The Labute approximate surface area is 117 Å². The van der Waals surface area contributed by atoms with Crippen molar-refractivity contribution in [2.75, 3.05) is 6.54 Å². The van der Waals surface area contributed by atoms with Gasteiger partial charge in [0.15, 0.2) is 0 Å². The van der Waals surface area contributed by atoms with E-state index in [2.05, 4.69) is 16.2 Å². The molecule has 0 aliphatic heterocycles. The molecule has 0 aliphatic rings. The normalized spacial score (nSPS) is 10.0. The molecule has 6 nitrogen and oxygen atoms in total. The molecule has 0 bridgehead atoms. The van der Waals surface area contributed by atoms with Crippen molar-refractivity contribution in [3.63, 3.8) is 0 Å². The van der Waals surface area contributed by atoms with Gasteiger partial charge in [-0.1, -0.05) is 32.0 Å². The average Bonchev–Trinajstić information content (AvgIpc) is 2.42. The number of aryl methyl sites for hydroxylation is 1. The number of nitrogens with one attached hydrogen (secondary N) is 3. The molecule has 6 heteroatoms. The number of carbonyl (C=O) groups is 3. The summed E-state index contributed by atoms with van der Waals surface area (Å²) in [4.78, 5) is 34.6. The Morgan fingerprint density at radius 2 is 1.70 bits per heavy atom. The largest absolute Gasteiger partial charge is 0.348 e. The van der Waals surface area contributed by atoms with Crippen LogP contribution in [-0.4, -0.2) is 24.3 Å². The van der Waals surface area contributed by atoms with Crippen LogP contribution in [0.5, 0.6) is 0 Å². The minimum Gasteiger partial charge on any atom is -0.348 e. The van der Waals surface area contributed by atoms with Gasteiger partial charge in [0, 0.05) is 12.1 Å². The third-order valence-electron chi connectivity index (χ3n) is 2.56. The van der Waals surface area contributed by atoms with Crippen molar-refractivity contribution in [2.45, 2.75) is 20.8 Å². The minimum atomic E-state index is -0.896. The molecular weight excluding hydrogens is 258 g/mol. The Kier molecular flexibility index (Phi) is 5.71. The van der Waals surface area contributed by atoms with E-state index >= 15 is 0 Å². The van der Waals surface area contributed by atoms with Gasteiger partial charge in [-0.2, -0.15) is 0 Å². The molecule has 0 aromatic heterocycles. The van der Waals surface area contributed by atoms with Crippen molar-refractivity contribution in [2.24, 2.45) is 5.92 Å². The summed E-state index contributed by atoms with van der Waals surface area (Å²) in [5.41, 5.74) is 5.51. The van der Waals surface area contributed by atoms with E-state index in [9.17, 15) is 14.4 Å². The average molecular weight is 277 g/mol. The highest BCUT2D eigenvalue weighted by Crippen LogP contribution is 2.05. The lowest BCUT2D eigenvalue weighted by Gasteiger charge is -2.10. The second kappa shape index (κ2) is 7.28. The molecule has 0 unspecified atom stereocenters. The number of rotatable bonds is 3. The highest BCUT2D eigenvalue weighted by molar-refractivity contribution is 6.35. The SMILES string of the molecule is Cc1ccccc1C(=O)NNC(=O)C(=O)NCC(C)C. The molecule has 1 aromatic carbocycles. The summed E-state index contributed by atoms with van der Waals surface area (Å²) in [6, 6.07) is 6.95. The van der Waals surface area contributed by atoms with Crippen LogP contribution in [0.25, 0.3) is 0 Å². The number of hydrogen-bond acceptors (Lipinski definition) is 3. The van der Waals surface area contributed by atoms with E-state index in [0.29, 0.717) is 12.1 Å². The third kappa shape index (κ3) is 4.72. The molecule has 0 aliphatic carbocycles. The zero-order valence-electron chi connectivity index (χ0n) is 11.8. The van der Waals surface area contributed by atoms with E-state index in [-0.39, 0.29) is 5.92 Å². The summed E-state index contributed by atoms with van der Waals surface area (Å²) in [7, 11) is 0. The third-order valence-corrected chi connectivity index (χ3v) is 2.56. The van der Waals surface area contributed by atoms with E-state index in [1.165, 1.54) is 0 Å². The standard InChI is InChI=1S/C14H19N3O3/c1-9(2)8-15-13(19)14(20)17-16-12(18)11-7-5-4-6-10(11)3/h4-7,9H,8H2,1-3H3,(H,15,19)(H,16,18)(H,17,20). The van der Waals surface area contributed by atoms with Crippen LogP contribution in [0.4, 0.5) is 0 Å². The Bertz CT molecular complexity index is 512. The minimum absolute atomic E-state index is 0.244. The van der Waals surface area contributed by atoms with E-state index in [1.807, 2.05) is 19.9 Å². The van der Waals surface area contributed by atoms with Crippen molar-refractivity contribution in [1.82, 2.24) is 16.2 Å². The first-order valence-corrected chi connectivity index (χ1v) is 6.36. The van der Waals surface area contributed by atoms with Gasteiger partial charge in [0.2, 0.25) is 0 Å². The monoisotopic (exact) mass is 277 g/mol. The number of hydrazine groups is 1. The van der Waals surface area contributed by atoms with Gasteiger partial charge in [0.1, 0.15) is 0 Å². The van der Waals surface area contributed by atoms with E-state index in [4.69, 9.17) is 0 Å². The van der Waals surface area contributed by atoms with Crippen LogP contribution in [0.2, 0.25) is 0 Å². The molecule has 3 amide bonds. The van der Waals surface area contributed by atoms with Gasteiger partial charge in [0.05, 0.1) is 0 Å². The molecular formula is C14H19N3O3. The number of amides is 3. The van der Waals surface area contributed by atoms with Crippen LogP contribution in [0.1, 0.15) is 29.8 Å². The molecule has 108 valence electrons. The quantitative estimate of drug-likeness (QED) is 0.556. The predicted molar refractivity (Wildman–Crippen MR) is 74.6 cm³/mol. The molecule has 0 saturated carbocycles. The van der Waals surface area contributed by atoms with Crippen LogP contribution in [0, 0.1) is 12.8 Å². The van der Waals surface area contributed by atoms with Crippen LogP contribution < -0.4 is 16.2 Å². The molecule has 1 rings (SSSR count). The molecule has 0 saturated heterocycles. The van der Waals surface area contributed by atoms with Crippen LogP contribution >= 0.6 is 0 Å². The number of hydrogen-bond donors (Lipinski definition) is 3. The highest BCUT2D eigenvalue weighted by atomic mass is 16.2. The highest BCUT2D eigenvalue weighted by Gasteiger charge is 2.15. The van der Waals surface area contributed by atoms with Gasteiger partial charge in [-0.3, -0.25) is 25.2 Å². The van der Waals surface area contributed by atoms with Gasteiger partial charge in [-0.25, -0.2) is 0 Å². The second-order valence-corrected chi connectivity index (χ2v) is 4.83. The predicted octanol–water partition coefficient (Wildman–Crippen LogP) is 0.528. The summed E-state index contributed by atoms with van der Waals surface area (Å²) in [5.74, 6) is -1.89. The summed E-state index contributed by atoms with van der Waals surface area (Å²) >= 11 is 0. The van der Waals surface area contributed by atoms with Crippen molar-refractivity contribution < 1.29 is 14.4 Å². The molecule has 0 radical (unpaired) electrons. The maximum Gasteiger partial charge on any atom is 0.327 e. The van der Waals surface area contributed by atoms with Crippen molar-refractivity contribution in [3.8, 4) is 0 Å². The number of benzene rings is 1. The van der Waals surface area contributed by atoms with Crippen molar-refractivity contribution in [1.29, 1.82) is 0 Å². The fraction of sp³-hybridized carbons (Fsp3) is 0.357. The van der Waals surface area contributed by atoms with Crippen LogP contribution in [0.15, 0.2) is 24.3 Å². The molecule has 0 heterocycles. The lowest BCUT2D eigenvalue weighted by Crippen LogP contribution is -2.49. The summed E-state index contributed by atoms with van der Waals surface area (Å²) in [5, 5.41) is 2.45. The first-order chi connectivity index (χ1) is 9.41. The second-order valence-electron chi connectivity index (χ2n) is 4.83. The Balaban J connectivity index is 2.47. The van der Waals surface area contributed by atoms with Crippen molar-refractivity contribution >= 4 is 17.7 Å². The van der Waals surface area contributed by atoms with E-state index < -0.39 is 17.7 Å². The molecule has 0 fully saturated rings.